The minimum atomic E-state index is 0.121. The SMILES string of the molecule is CNC(COC(C)COC)c1ccc(CC(C)C)cc1. The number of rotatable bonds is 9. The molecular weight excluding hydrogens is 250 g/mol. The number of hydrogen-bond donors (Lipinski definition) is 1. The van der Waals surface area contributed by atoms with Crippen molar-refractivity contribution in [1.29, 1.82) is 0 Å². The Kier molecular flexibility index (Phi) is 7.82. The van der Waals surface area contributed by atoms with Crippen molar-refractivity contribution in [3.8, 4) is 0 Å². The Balaban J connectivity index is 2.56. The van der Waals surface area contributed by atoms with Gasteiger partial charge in [-0.05, 0) is 37.4 Å². The molecule has 1 aromatic carbocycles. The van der Waals surface area contributed by atoms with Gasteiger partial charge in [0.15, 0.2) is 0 Å². The van der Waals surface area contributed by atoms with E-state index in [9.17, 15) is 0 Å². The van der Waals surface area contributed by atoms with Crippen molar-refractivity contribution in [2.24, 2.45) is 5.92 Å². The van der Waals surface area contributed by atoms with Crippen LogP contribution < -0.4 is 5.32 Å². The molecule has 0 heterocycles. The largest absolute Gasteiger partial charge is 0.382 e. The minimum absolute atomic E-state index is 0.121. The Hall–Kier alpha value is -0.900. The Morgan fingerprint density at radius 2 is 1.70 bits per heavy atom. The second-order valence-corrected chi connectivity index (χ2v) is 5.78. The predicted molar refractivity (Wildman–Crippen MR) is 84.1 cm³/mol. The van der Waals surface area contributed by atoms with Gasteiger partial charge in [-0.25, -0.2) is 0 Å². The molecule has 0 spiro atoms. The number of benzene rings is 1. The molecule has 1 rings (SSSR count). The molecule has 114 valence electrons. The maximum Gasteiger partial charge on any atom is 0.0781 e. The first-order valence-corrected chi connectivity index (χ1v) is 7.43. The molecule has 0 radical (unpaired) electrons. The standard InChI is InChI=1S/C17H29NO2/c1-13(2)10-15-6-8-16(9-7-15)17(18-4)12-20-14(3)11-19-5/h6-9,13-14,17-18H,10-12H2,1-5H3. The van der Waals surface area contributed by atoms with Crippen LogP contribution in [0.4, 0.5) is 0 Å². The van der Waals surface area contributed by atoms with Crippen molar-refractivity contribution >= 4 is 0 Å². The third-order valence-electron chi connectivity index (χ3n) is 3.32. The number of ether oxygens (including phenoxy) is 2. The summed E-state index contributed by atoms with van der Waals surface area (Å²) in [7, 11) is 3.67. The van der Waals surface area contributed by atoms with E-state index in [-0.39, 0.29) is 12.1 Å². The monoisotopic (exact) mass is 279 g/mol. The van der Waals surface area contributed by atoms with Gasteiger partial charge in [0.05, 0.1) is 25.4 Å². The smallest absolute Gasteiger partial charge is 0.0781 e. The van der Waals surface area contributed by atoms with Gasteiger partial charge in [-0.2, -0.15) is 0 Å². The van der Waals surface area contributed by atoms with Gasteiger partial charge < -0.3 is 14.8 Å². The zero-order valence-electron chi connectivity index (χ0n) is 13.5. The van der Waals surface area contributed by atoms with E-state index in [1.54, 1.807) is 7.11 Å². The molecule has 0 aromatic heterocycles. The summed E-state index contributed by atoms with van der Waals surface area (Å²) < 4.78 is 10.9. The molecule has 2 unspecified atom stereocenters. The van der Waals surface area contributed by atoms with E-state index < -0.39 is 0 Å². The first-order valence-electron chi connectivity index (χ1n) is 7.43. The minimum Gasteiger partial charge on any atom is -0.382 e. The average Bonchev–Trinajstić information content (AvgIpc) is 2.41. The fraction of sp³-hybridized carbons (Fsp3) is 0.647. The summed E-state index contributed by atoms with van der Waals surface area (Å²) in [4.78, 5) is 0. The molecule has 0 saturated carbocycles. The Morgan fingerprint density at radius 3 is 2.20 bits per heavy atom. The number of hydrogen-bond acceptors (Lipinski definition) is 3. The maximum absolute atomic E-state index is 5.80. The highest BCUT2D eigenvalue weighted by Crippen LogP contribution is 2.16. The molecule has 20 heavy (non-hydrogen) atoms. The molecule has 0 bridgehead atoms. The summed E-state index contributed by atoms with van der Waals surface area (Å²) in [6, 6.07) is 9.06. The van der Waals surface area contributed by atoms with E-state index in [1.807, 2.05) is 14.0 Å². The average molecular weight is 279 g/mol. The maximum atomic E-state index is 5.80. The fourth-order valence-corrected chi connectivity index (χ4v) is 2.25. The van der Waals surface area contributed by atoms with Crippen molar-refractivity contribution in [1.82, 2.24) is 5.32 Å². The van der Waals surface area contributed by atoms with Crippen LogP contribution >= 0.6 is 0 Å². The van der Waals surface area contributed by atoms with E-state index in [2.05, 4.69) is 43.4 Å². The van der Waals surface area contributed by atoms with Crippen LogP contribution in [0.1, 0.15) is 37.9 Å². The van der Waals surface area contributed by atoms with E-state index in [1.165, 1.54) is 11.1 Å². The zero-order valence-corrected chi connectivity index (χ0v) is 13.5. The summed E-state index contributed by atoms with van der Waals surface area (Å²) >= 11 is 0. The van der Waals surface area contributed by atoms with Crippen LogP contribution in [-0.2, 0) is 15.9 Å². The van der Waals surface area contributed by atoms with Crippen LogP contribution in [0.15, 0.2) is 24.3 Å². The number of methoxy groups -OCH3 is 1. The van der Waals surface area contributed by atoms with Crippen molar-refractivity contribution < 1.29 is 9.47 Å². The molecule has 0 fully saturated rings. The van der Waals surface area contributed by atoms with Crippen LogP contribution in [-0.4, -0.2) is 33.5 Å². The zero-order chi connectivity index (χ0) is 15.0. The van der Waals surface area contributed by atoms with E-state index >= 15 is 0 Å². The Morgan fingerprint density at radius 1 is 1.05 bits per heavy atom. The van der Waals surface area contributed by atoms with Crippen LogP contribution in [0, 0.1) is 5.92 Å². The Bertz CT molecular complexity index is 362. The predicted octanol–water partition coefficient (Wildman–Crippen LogP) is 3.20. The van der Waals surface area contributed by atoms with Crippen LogP contribution in [0.5, 0.6) is 0 Å². The van der Waals surface area contributed by atoms with Crippen LogP contribution in [0.25, 0.3) is 0 Å². The summed E-state index contributed by atoms with van der Waals surface area (Å²) in [6.07, 6.45) is 1.25. The summed E-state index contributed by atoms with van der Waals surface area (Å²) in [6.45, 7) is 7.81. The molecule has 1 aromatic rings. The topological polar surface area (TPSA) is 30.5 Å². The van der Waals surface area contributed by atoms with Crippen molar-refractivity contribution in [3.05, 3.63) is 35.4 Å². The fourth-order valence-electron chi connectivity index (χ4n) is 2.25. The lowest BCUT2D eigenvalue weighted by molar-refractivity contribution is 0.000209. The van der Waals surface area contributed by atoms with E-state index in [4.69, 9.17) is 9.47 Å². The number of nitrogens with one attached hydrogen (secondary N) is 1. The first-order chi connectivity index (χ1) is 9.56. The van der Waals surface area contributed by atoms with Gasteiger partial charge in [-0.1, -0.05) is 38.1 Å². The molecule has 0 aliphatic carbocycles. The Labute approximate surface area is 123 Å². The molecule has 0 aliphatic heterocycles. The van der Waals surface area contributed by atoms with Gasteiger partial charge in [0.25, 0.3) is 0 Å². The highest BCUT2D eigenvalue weighted by molar-refractivity contribution is 5.25. The highest BCUT2D eigenvalue weighted by atomic mass is 16.5. The molecule has 0 saturated heterocycles. The van der Waals surface area contributed by atoms with Crippen molar-refractivity contribution in [3.63, 3.8) is 0 Å². The molecule has 2 atom stereocenters. The summed E-state index contributed by atoms with van der Waals surface area (Å²) in [5.41, 5.74) is 2.66. The molecule has 0 amide bonds. The van der Waals surface area contributed by atoms with Crippen molar-refractivity contribution in [2.75, 3.05) is 27.4 Å². The first kappa shape index (κ1) is 17.2. The second-order valence-electron chi connectivity index (χ2n) is 5.78. The molecule has 3 heteroatoms. The van der Waals surface area contributed by atoms with Gasteiger partial charge in [-0.3, -0.25) is 0 Å². The summed E-state index contributed by atoms with van der Waals surface area (Å²) in [5, 5.41) is 3.31. The van der Waals surface area contributed by atoms with E-state index in [0.717, 1.165) is 6.42 Å². The van der Waals surface area contributed by atoms with E-state index in [0.29, 0.717) is 19.1 Å². The van der Waals surface area contributed by atoms with Crippen molar-refractivity contribution in [2.45, 2.75) is 39.3 Å². The molecular formula is C17H29NO2. The lowest BCUT2D eigenvalue weighted by Crippen LogP contribution is -2.25. The lowest BCUT2D eigenvalue weighted by atomic mass is 9.99. The third kappa shape index (κ3) is 6.04. The number of likely N-dealkylation sites (N-methyl/N-ethyl adjacent to an activating group) is 1. The van der Waals surface area contributed by atoms with Crippen LogP contribution in [0.2, 0.25) is 0 Å². The lowest BCUT2D eigenvalue weighted by Gasteiger charge is -2.20. The van der Waals surface area contributed by atoms with Gasteiger partial charge in [0.1, 0.15) is 0 Å². The summed E-state index contributed by atoms with van der Waals surface area (Å²) in [5.74, 6) is 0.694. The normalized spacial score (nSPS) is 14.5. The molecule has 1 N–H and O–H groups in total. The van der Waals surface area contributed by atoms with Gasteiger partial charge in [0, 0.05) is 7.11 Å². The highest BCUT2D eigenvalue weighted by Gasteiger charge is 2.11. The third-order valence-corrected chi connectivity index (χ3v) is 3.32. The second kappa shape index (κ2) is 9.11. The van der Waals surface area contributed by atoms with Gasteiger partial charge in [0.2, 0.25) is 0 Å². The van der Waals surface area contributed by atoms with Gasteiger partial charge >= 0.3 is 0 Å². The molecule has 0 aliphatic rings. The van der Waals surface area contributed by atoms with Gasteiger partial charge in [-0.15, -0.1) is 0 Å². The van der Waals surface area contributed by atoms with Crippen LogP contribution in [0.3, 0.4) is 0 Å². The quantitative estimate of drug-likeness (QED) is 0.753. The molecule has 3 nitrogen and oxygen atoms in total.